The number of hydrogen-bond acceptors (Lipinski definition) is 6. The van der Waals surface area contributed by atoms with Gasteiger partial charge in [0.15, 0.2) is 0 Å². The van der Waals surface area contributed by atoms with Crippen molar-refractivity contribution < 1.29 is 31.1 Å². The molecule has 0 aliphatic heterocycles. The van der Waals surface area contributed by atoms with Gasteiger partial charge in [0.2, 0.25) is 0 Å². The summed E-state index contributed by atoms with van der Waals surface area (Å²) in [5.41, 5.74) is 1.96. The second-order valence-electron chi connectivity index (χ2n) is 7.71. The Morgan fingerprint density at radius 2 is 1.78 bits per heavy atom. The smallest absolute Gasteiger partial charge is 0.497 e. The minimum absolute atomic E-state index is 0. The number of aromatic nitrogens is 1. The summed E-state index contributed by atoms with van der Waals surface area (Å²) < 4.78 is 74.8. The first-order valence-corrected chi connectivity index (χ1v) is 12.3. The Kier molecular flexibility index (Phi) is 8.53. The van der Waals surface area contributed by atoms with Gasteiger partial charge in [-0.25, -0.2) is 12.4 Å². The Balaban J connectivity index is 0.00000380. The van der Waals surface area contributed by atoms with E-state index in [9.17, 15) is 21.6 Å². The van der Waals surface area contributed by atoms with Crippen LogP contribution in [0.25, 0.3) is 10.9 Å². The van der Waals surface area contributed by atoms with Gasteiger partial charge >= 0.3 is 6.36 Å². The number of rotatable bonds is 8. The van der Waals surface area contributed by atoms with Crippen LogP contribution in [0.15, 0.2) is 71.8 Å². The maximum Gasteiger partial charge on any atom is 0.573 e. The van der Waals surface area contributed by atoms with E-state index in [1.807, 2.05) is 0 Å². The fourth-order valence-electron chi connectivity index (χ4n) is 3.70. The SMILES string of the molecule is CNCc1cn(S(=O)(=O)c2cccc(OC)c2)c2cc(Nc3ccc(OC(F)(F)F)cc3Cl)ccc12.Cl. The van der Waals surface area contributed by atoms with E-state index in [0.717, 1.165) is 17.7 Å². The zero-order valence-corrected chi connectivity index (χ0v) is 21.9. The summed E-state index contributed by atoms with van der Waals surface area (Å²) >= 11 is 6.15. The van der Waals surface area contributed by atoms with Gasteiger partial charge in [0, 0.05) is 35.9 Å². The second-order valence-corrected chi connectivity index (χ2v) is 9.93. The van der Waals surface area contributed by atoms with Crippen LogP contribution in [0, 0.1) is 0 Å². The monoisotopic (exact) mass is 575 g/mol. The summed E-state index contributed by atoms with van der Waals surface area (Å²) in [6.45, 7) is 0.427. The first-order valence-electron chi connectivity index (χ1n) is 10.5. The van der Waals surface area contributed by atoms with Crippen LogP contribution < -0.4 is 20.1 Å². The summed E-state index contributed by atoms with van der Waals surface area (Å²) in [7, 11) is -0.780. The summed E-state index contributed by atoms with van der Waals surface area (Å²) in [5.74, 6) is -0.0543. The third-order valence-corrected chi connectivity index (χ3v) is 7.25. The lowest BCUT2D eigenvalue weighted by Crippen LogP contribution is -2.17. The van der Waals surface area contributed by atoms with E-state index >= 15 is 0 Å². The van der Waals surface area contributed by atoms with Gasteiger partial charge in [-0.2, -0.15) is 0 Å². The van der Waals surface area contributed by atoms with Crippen molar-refractivity contribution in [3.05, 3.63) is 77.4 Å². The molecule has 198 valence electrons. The molecule has 3 aromatic carbocycles. The molecule has 0 bridgehead atoms. The summed E-state index contributed by atoms with van der Waals surface area (Å²) in [4.78, 5) is 0.0522. The van der Waals surface area contributed by atoms with Crippen LogP contribution >= 0.6 is 24.0 Å². The Hall–Kier alpha value is -3.12. The predicted molar refractivity (Wildman–Crippen MR) is 139 cm³/mol. The van der Waals surface area contributed by atoms with Gasteiger partial charge in [0.25, 0.3) is 10.0 Å². The normalized spacial score (nSPS) is 11.7. The number of methoxy groups -OCH3 is 1. The van der Waals surface area contributed by atoms with Crippen LogP contribution in [0.2, 0.25) is 5.02 Å². The molecule has 0 aliphatic carbocycles. The van der Waals surface area contributed by atoms with Crippen molar-refractivity contribution in [2.45, 2.75) is 17.8 Å². The number of nitrogens with zero attached hydrogens (tertiary/aromatic N) is 1. The molecule has 37 heavy (non-hydrogen) atoms. The van der Waals surface area contributed by atoms with Crippen molar-refractivity contribution in [3.8, 4) is 11.5 Å². The average molecular weight is 576 g/mol. The van der Waals surface area contributed by atoms with E-state index in [0.29, 0.717) is 34.6 Å². The molecule has 0 radical (unpaired) electrons. The molecule has 0 unspecified atom stereocenters. The van der Waals surface area contributed by atoms with E-state index in [-0.39, 0.29) is 22.3 Å². The largest absolute Gasteiger partial charge is 0.573 e. The lowest BCUT2D eigenvalue weighted by Gasteiger charge is -2.13. The molecular formula is C24H22Cl2F3N3O4S. The Bertz CT molecular complexity index is 1530. The highest BCUT2D eigenvalue weighted by atomic mass is 35.5. The molecule has 1 heterocycles. The maximum atomic E-state index is 13.5. The molecule has 0 atom stereocenters. The number of ether oxygens (including phenoxy) is 2. The minimum atomic E-state index is -4.84. The van der Waals surface area contributed by atoms with E-state index in [1.54, 1.807) is 43.6 Å². The molecule has 13 heteroatoms. The molecule has 1 aromatic heterocycles. The van der Waals surface area contributed by atoms with Crippen LogP contribution in [0.4, 0.5) is 24.5 Å². The number of fused-ring (bicyclic) bond motifs is 1. The number of nitrogens with one attached hydrogen (secondary N) is 2. The average Bonchev–Trinajstić information content (AvgIpc) is 3.18. The first-order chi connectivity index (χ1) is 17.0. The zero-order chi connectivity index (χ0) is 26.1. The molecule has 0 fully saturated rings. The Morgan fingerprint density at radius 1 is 1.03 bits per heavy atom. The van der Waals surface area contributed by atoms with E-state index in [4.69, 9.17) is 16.3 Å². The van der Waals surface area contributed by atoms with Crippen molar-refractivity contribution in [1.29, 1.82) is 0 Å². The molecule has 2 N–H and O–H groups in total. The molecular weight excluding hydrogens is 554 g/mol. The van der Waals surface area contributed by atoms with Gasteiger partial charge in [0.1, 0.15) is 11.5 Å². The maximum absolute atomic E-state index is 13.5. The fraction of sp³-hybridized carbons (Fsp3) is 0.167. The third-order valence-electron chi connectivity index (χ3n) is 5.27. The molecule has 0 saturated carbocycles. The van der Waals surface area contributed by atoms with Crippen molar-refractivity contribution in [1.82, 2.24) is 9.29 Å². The topological polar surface area (TPSA) is 81.6 Å². The van der Waals surface area contributed by atoms with Crippen molar-refractivity contribution in [2.75, 3.05) is 19.5 Å². The lowest BCUT2D eigenvalue weighted by atomic mass is 10.1. The van der Waals surface area contributed by atoms with Crippen molar-refractivity contribution >= 4 is 56.3 Å². The highest BCUT2D eigenvalue weighted by Gasteiger charge is 2.31. The number of benzene rings is 3. The number of anilines is 2. The summed E-state index contributed by atoms with van der Waals surface area (Å²) in [5, 5.41) is 6.75. The predicted octanol–water partition coefficient (Wildman–Crippen LogP) is 6.32. The van der Waals surface area contributed by atoms with Gasteiger partial charge in [0.05, 0.1) is 28.2 Å². The molecule has 0 amide bonds. The quantitative estimate of drug-likeness (QED) is 0.256. The minimum Gasteiger partial charge on any atom is -0.497 e. The molecule has 4 rings (SSSR count). The lowest BCUT2D eigenvalue weighted by molar-refractivity contribution is -0.274. The summed E-state index contributed by atoms with van der Waals surface area (Å²) in [6, 6.07) is 14.8. The molecule has 0 aliphatic rings. The molecule has 4 aromatic rings. The van der Waals surface area contributed by atoms with Gasteiger partial charge in [-0.3, -0.25) is 0 Å². The molecule has 7 nitrogen and oxygen atoms in total. The van der Waals surface area contributed by atoms with Gasteiger partial charge in [-0.15, -0.1) is 25.6 Å². The number of hydrogen-bond donors (Lipinski definition) is 2. The van der Waals surface area contributed by atoms with E-state index in [1.165, 1.54) is 29.3 Å². The fourth-order valence-corrected chi connectivity index (χ4v) is 5.34. The van der Waals surface area contributed by atoms with Crippen LogP contribution in [0.3, 0.4) is 0 Å². The second kappa shape index (κ2) is 11.1. The molecule has 0 saturated heterocycles. The number of alkyl halides is 3. The first kappa shape index (κ1) is 28.5. The van der Waals surface area contributed by atoms with Crippen LogP contribution in [-0.4, -0.2) is 32.9 Å². The van der Waals surface area contributed by atoms with Crippen molar-refractivity contribution in [2.24, 2.45) is 0 Å². The van der Waals surface area contributed by atoms with E-state index < -0.39 is 22.1 Å². The van der Waals surface area contributed by atoms with Crippen LogP contribution in [0.5, 0.6) is 11.5 Å². The van der Waals surface area contributed by atoms with Gasteiger partial charge in [-0.05, 0) is 49.0 Å². The highest BCUT2D eigenvalue weighted by Crippen LogP contribution is 2.34. The third kappa shape index (κ3) is 6.24. The Labute approximate surface area is 222 Å². The van der Waals surface area contributed by atoms with Crippen molar-refractivity contribution in [3.63, 3.8) is 0 Å². The zero-order valence-electron chi connectivity index (χ0n) is 19.5. The highest BCUT2D eigenvalue weighted by molar-refractivity contribution is 7.90. The summed E-state index contributed by atoms with van der Waals surface area (Å²) in [6.07, 6.45) is -3.29. The van der Waals surface area contributed by atoms with Gasteiger partial charge in [-0.1, -0.05) is 23.7 Å². The molecule has 0 spiro atoms. The Morgan fingerprint density at radius 3 is 2.43 bits per heavy atom. The number of halogens is 5. The van der Waals surface area contributed by atoms with Crippen LogP contribution in [0.1, 0.15) is 5.56 Å². The van der Waals surface area contributed by atoms with Gasteiger partial charge < -0.3 is 20.1 Å². The standard InChI is InChI=1S/C24H21ClF3N3O4S.ClH/c1-29-13-15-14-31(36(32,33)19-5-3-4-17(11-19)34-2)23-10-16(6-8-20(15)23)30-22-9-7-18(12-21(22)25)35-24(26,27)28;/h3-12,14,29-30H,13H2,1-2H3;1H. The van der Waals surface area contributed by atoms with Crippen LogP contribution in [-0.2, 0) is 16.6 Å². The van der Waals surface area contributed by atoms with E-state index in [2.05, 4.69) is 15.4 Å².